The molecule has 124 valence electrons. The van der Waals surface area contributed by atoms with Crippen LogP contribution in [0.2, 0.25) is 0 Å². The Morgan fingerprint density at radius 2 is 1.68 bits per heavy atom. The average Bonchev–Trinajstić information content (AvgIpc) is 3.06. The van der Waals surface area contributed by atoms with Crippen LogP contribution in [0.25, 0.3) is 22.8 Å². The van der Waals surface area contributed by atoms with E-state index in [4.69, 9.17) is 4.74 Å². The van der Waals surface area contributed by atoms with Gasteiger partial charge in [-0.15, -0.1) is 0 Å². The van der Waals surface area contributed by atoms with E-state index in [9.17, 15) is 4.39 Å². The first-order chi connectivity index (χ1) is 12.3. The third kappa shape index (κ3) is 3.39. The van der Waals surface area contributed by atoms with Crippen LogP contribution < -0.4 is 0 Å². The average molecular weight is 334 g/mol. The van der Waals surface area contributed by atoms with Crippen molar-refractivity contribution in [1.82, 2.24) is 19.7 Å². The summed E-state index contributed by atoms with van der Waals surface area (Å²) in [7, 11) is 0. The van der Waals surface area contributed by atoms with Crippen LogP contribution in [0.3, 0.4) is 0 Å². The fraction of sp³-hybridized carbons (Fsp3) is 0.105. The molecule has 4 rings (SSSR count). The lowest BCUT2D eigenvalue weighted by Crippen LogP contribution is -2.07. The number of halogens is 1. The van der Waals surface area contributed by atoms with Crippen molar-refractivity contribution < 1.29 is 9.13 Å². The fourth-order valence-corrected chi connectivity index (χ4v) is 2.53. The van der Waals surface area contributed by atoms with Gasteiger partial charge in [0, 0.05) is 0 Å². The summed E-state index contributed by atoms with van der Waals surface area (Å²) in [6.45, 7) is 0.799. The van der Waals surface area contributed by atoms with Crippen LogP contribution in [0, 0.1) is 5.82 Å². The maximum atomic E-state index is 13.9. The van der Waals surface area contributed by atoms with Crippen molar-refractivity contribution in [3.63, 3.8) is 0 Å². The van der Waals surface area contributed by atoms with E-state index in [-0.39, 0.29) is 5.82 Å². The maximum absolute atomic E-state index is 13.9. The van der Waals surface area contributed by atoms with E-state index in [1.807, 2.05) is 30.3 Å². The number of fused-ring (bicyclic) bond motifs is 1. The molecule has 0 fully saturated rings. The fourth-order valence-electron chi connectivity index (χ4n) is 2.53. The monoisotopic (exact) mass is 334 g/mol. The third-order valence-corrected chi connectivity index (χ3v) is 3.76. The highest BCUT2D eigenvalue weighted by atomic mass is 19.1. The third-order valence-electron chi connectivity index (χ3n) is 3.76. The van der Waals surface area contributed by atoms with Crippen molar-refractivity contribution in [2.24, 2.45) is 0 Å². The van der Waals surface area contributed by atoms with Gasteiger partial charge in [-0.1, -0.05) is 42.5 Å². The van der Waals surface area contributed by atoms with Gasteiger partial charge in [0.2, 0.25) is 0 Å². The standard InChI is InChI=1S/C19H15FN4O/c20-16-9-5-4-8-15(16)19-22-17-10-21-24(11-18(17)23-19)13-25-12-14-6-2-1-3-7-14/h1-11H,12-13H2. The van der Waals surface area contributed by atoms with E-state index in [0.717, 1.165) is 5.56 Å². The predicted molar refractivity (Wildman–Crippen MR) is 91.1 cm³/mol. The molecular formula is C19H15FN4O. The van der Waals surface area contributed by atoms with Gasteiger partial charge in [0.05, 0.1) is 24.6 Å². The van der Waals surface area contributed by atoms with Gasteiger partial charge in [-0.2, -0.15) is 5.10 Å². The zero-order valence-corrected chi connectivity index (χ0v) is 13.3. The zero-order valence-electron chi connectivity index (χ0n) is 13.3. The summed E-state index contributed by atoms with van der Waals surface area (Å²) in [5, 5.41) is 4.26. The molecule has 2 aromatic carbocycles. The molecule has 0 saturated carbocycles. The molecule has 2 heterocycles. The number of benzene rings is 2. The minimum atomic E-state index is -0.343. The number of ether oxygens (including phenoxy) is 1. The van der Waals surface area contributed by atoms with Crippen LogP contribution in [0.5, 0.6) is 0 Å². The Hall–Kier alpha value is -3.12. The molecule has 0 atom stereocenters. The molecule has 0 aromatic heterocycles. The Balaban J connectivity index is 1.51. The first-order valence-corrected chi connectivity index (χ1v) is 7.86. The summed E-state index contributed by atoms with van der Waals surface area (Å²) < 4.78 is 21.2. The highest BCUT2D eigenvalue weighted by molar-refractivity contribution is 5.65. The summed E-state index contributed by atoms with van der Waals surface area (Å²) >= 11 is 0. The molecule has 2 aliphatic rings. The van der Waals surface area contributed by atoms with E-state index in [2.05, 4.69) is 15.1 Å². The van der Waals surface area contributed by atoms with E-state index >= 15 is 0 Å². The Bertz CT molecular complexity index is 955. The molecule has 0 spiro atoms. The Morgan fingerprint density at radius 3 is 2.52 bits per heavy atom. The van der Waals surface area contributed by atoms with E-state index in [0.29, 0.717) is 36.1 Å². The predicted octanol–water partition coefficient (Wildman–Crippen LogP) is 3.76. The number of imidazole rings is 1. The van der Waals surface area contributed by atoms with Crippen molar-refractivity contribution in [3.8, 4) is 22.8 Å². The molecular weight excluding hydrogens is 319 g/mol. The van der Waals surface area contributed by atoms with Crippen molar-refractivity contribution in [1.29, 1.82) is 0 Å². The van der Waals surface area contributed by atoms with Crippen LogP contribution in [-0.2, 0) is 18.1 Å². The second-order valence-corrected chi connectivity index (χ2v) is 5.57. The molecule has 0 amide bonds. The van der Waals surface area contributed by atoms with Gasteiger partial charge in [0.25, 0.3) is 0 Å². The first-order valence-electron chi connectivity index (χ1n) is 7.86. The molecule has 0 aliphatic carbocycles. The topological polar surface area (TPSA) is 52.8 Å². The van der Waals surface area contributed by atoms with Crippen LogP contribution in [0.1, 0.15) is 5.56 Å². The summed E-state index contributed by atoms with van der Waals surface area (Å²) in [6.07, 6.45) is 3.36. The van der Waals surface area contributed by atoms with Crippen LogP contribution >= 0.6 is 0 Å². The Morgan fingerprint density at radius 1 is 0.920 bits per heavy atom. The van der Waals surface area contributed by atoms with Crippen molar-refractivity contribution in [2.45, 2.75) is 13.3 Å². The van der Waals surface area contributed by atoms with Crippen LogP contribution in [0.4, 0.5) is 4.39 Å². The second kappa shape index (κ2) is 6.78. The van der Waals surface area contributed by atoms with Crippen molar-refractivity contribution in [2.75, 3.05) is 0 Å². The summed E-state index contributed by atoms with van der Waals surface area (Å²) in [6, 6.07) is 16.4. The van der Waals surface area contributed by atoms with Crippen LogP contribution in [0.15, 0.2) is 67.0 Å². The minimum absolute atomic E-state index is 0.298. The molecule has 0 radical (unpaired) electrons. The van der Waals surface area contributed by atoms with Gasteiger partial charge in [0.1, 0.15) is 23.9 Å². The lowest BCUT2D eigenvalue weighted by molar-refractivity contribution is 0.0551. The molecule has 2 aliphatic heterocycles. The number of rotatable bonds is 5. The van der Waals surface area contributed by atoms with Gasteiger partial charge < -0.3 is 4.74 Å². The van der Waals surface area contributed by atoms with Crippen molar-refractivity contribution in [3.05, 3.63) is 78.4 Å². The number of aromatic nitrogens is 4. The minimum Gasteiger partial charge on any atom is -0.355 e. The largest absolute Gasteiger partial charge is 0.355 e. The number of nitrogens with zero attached hydrogens (tertiary/aromatic N) is 4. The molecule has 5 nitrogen and oxygen atoms in total. The summed E-state index contributed by atoms with van der Waals surface area (Å²) in [5.74, 6) is 0.0164. The zero-order chi connectivity index (χ0) is 17.1. The summed E-state index contributed by atoms with van der Waals surface area (Å²) in [5.41, 5.74) is 2.75. The quantitative estimate of drug-likeness (QED) is 0.558. The Labute approximate surface area is 144 Å². The number of hydrogen-bond donors (Lipinski definition) is 0. The normalized spacial score (nSPS) is 11.1. The maximum Gasteiger partial charge on any atom is 0.163 e. The summed E-state index contributed by atoms with van der Waals surface area (Å²) in [4.78, 5) is 8.75. The molecule has 0 N–H and O–H groups in total. The molecule has 6 heteroatoms. The first kappa shape index (κ1) is 15.4. The second-order valence-electron chi connectivity index (χ2n) is 5.57. The molecule has 25 heavy (non-hydrogen) atoms. The van der Waals surface area contributed by atoms with Gasteiger partial charge in [-0.3, -0.25) is 0 Å². The SMILES string of the molecule is Fc1ccccc1-c1nc2cnn(COCc3ccccc3)cc-2n1. The lowest BCUT2D eigenvalue weighted by atomic mass is 10.2. The lowest BCUT2D eigenvalue weighted by Gasteiger charge is -2.07. The Kier molecular flexibility index (Phi) is 4.18. The van der Waals surface area contributed by atoms with Gasteiger partial charge in [0.15, 0.2) is 5.82 Å². The van der Waals surface area contributed by atoms with Crippen LogP contribution in [-0.4, -0.2) is 19.7 Å². The highest BCUT2D eigenvalue weighted by Crippen LogP contribution is 2.25. The molecule has 0 bridgehead atoms. The van der Waals surface area contributed by atoms with E-state index in [1.165, 1.54) is 6.07 Å². The molecule has 2 aromatic rings. The van der Waals surface area contributed by atoms with E-state index < -0.39 is 0 Å². The molecule has 0 unspecified atom stereocenters. The smallest absolute Gasteiger partial charge is 0.163 e. The molecule has 0 saturated heterocycles. The number of hydrogen-bond acceptors (Lipinski definition) is 4. The van der Waals surface area contributed by atoms with Gasteiger partial charge >= 0.3 is 0 Å². The highest BCUT2D eigenvalue weighted by Gasteiger charge is 2.15. The van der Waals surface area contributed by atoms with Gasteiger partial charge in [-0.25, -0.2) is 19.0 Å². The van der Waals surface area contributed by atoms with Gasteiger partial charge in [-0.05, 0) is 17.7 Å². The van der Waals surface area contributed by atoms with Crippen molar-refractivity contribution >= 4 is 0 Å². The van der Waals surface area contributed by atoms with E-state index in [1.54, 1.807) is 35.3 Å².